The van der Waals surface area contributed by atoms with E-state index in [1.165, 1.54) is 4.68 Å². The van der Waals surface area contributed by atoms with Gasteiger partial charge in [0.25, 0.3) is 5.91 Å². The number of fused-ring (bicyclic) bond motifs is 1. The molecule has 8 nitrogen and oxygen atoms in total. The lowest BCUT2D eigenvalue weighted by molar-refractivity contribution is -0.137. The molecule has 1 aliphatic rings. The summed E-state index contributed by atoms with van der Waals surface area (Å²) in [5.74, 6) is -0.0352. The smallest absolute Gasteiger partial charge is 0.325 e. The number of piperidine rings is 1. The van der Waals surface area contributed by atoms with Crippen molar-refractivity contribution in [3.05, 3.63) is 47.5 Å². The molecule has 2 aromatic heterocycles. The molecule has 140 valence electrons. The molecule has 8 heteroatoms. The van der Waals surface area contributed by atoms with Crippen molar-refractivity contribution < 1.29 is 14.7 Å². The zero-order valence-corrected chi connectivity index (χ0v) is 15.1. The lowest BCUT2D eigenvalue weighted by Gasteiger charge is -2.33. The number of carbonyl (C=O) groups is 2. The fourth-order valence-corrected chi connectivity index (χ4v) is 3.81. The summed E-state index contributed by atoms with van der Waals surface area (Å²) < 4.78 is 1.51. The first-order valence-corrected chi connectivity index (χ1v) is 9.00. The number of hydrogen-bond acceptors (Lipinski definition) is 4. The third kappa shape index (κ3) is 3.42. The van der Waals surface area contributed by atoms with Gasteiger partial charge in [-0.1, -0.05) is 0 Å². The molecule has 1 saturated heterocycles. The summed E-state index contributed by atoms with van der Waals surface area (Å²) in [7, 11) is 0. The second-order valence-electron chi connectivity index (χ2n) is 6.95. The van der Waals surface area contributed by atoms with Crippen LogP contribution in [-0.4, -0.2) is 54.7 Å². The van der Waals surface area contributed by atoms with E-state index in [4.69, 9.17) is 5.11 Å². The monoisotopic (exact) mass is 367 g/mol. The van der Waals surface area contributed by atoms with Crippen LogP contribution in [-0.2, 0) is 11.3 Å². The maximum atomic E-state index is 13.0. The van der Waals surface area contributed by atoms with Crippen molar-refractivity contribution in [1.29, 1.82) is 0 Å². The highest BCUT2D eigenvalue weighted by Crippen LogP contribution is 2.28. The minimum absolute atomic E-state index is 0.0156. The van der Waals surface area contributed by atoms with Crippen molar-refractivity contribution in [3.8, 4) is 0 Å². The van der Waals surface area contributed by atoms with E-state index in [1.54, 1.807) is 6.20 Å². The second-order valence-corrected chi connectivity index (χ2v) is 6.95. The number of aryl methyl sites for hydroxylation is 1. The van der Waals surface area contributed by atoms with Crippen LogP contribution in [0.4, 0.5) is 0 Å². The Labute approximate surface area is 155 Å². The third-order valence-electron chi connectivity index (χ3n) is 5.01. The number of carboxylic acid groups (broad SMARTS) is 1. The van der Waals surface area contributed by atoms with E-state index in [0.717, 1.165) is 35.4 Å². The zero-order chi connectivity index (χ0) is 19.0. The number of nitrogens with one attached hydrogen (secondary N) is 1. The van der Waals surface area contributed by atoms with Gasteiger partial charge in [0.2, 0.25) is 0 Å². The Morgan fingerprint density at radius 2 is 2.19 bits per heavy atom. The van der Waals surface area contributed by atoms with E-state index >= 15 is 0 Å². The van der Waals surface area contributed by atoms with E-state index < -0.39 is 5.97 Å². The quantitative estimate of drug-likeness (QED) is 0.735. The van der Waals surface area contributed by atoms with E-state index in [-0.39, 0.29) is 18.4 Å². The van der Waals surface area contributed by atoms with Crippen LogP contribution >= 0.6 is 0 Å². The number of carboxylic acids is 1. The highest BCUT2D eigenvalue weighted by atomic mass is 16.4. The molecule has 1 fully saturated rings. The van der Waals surface area contributed by atoms with Gasteiger partial charge in [0.1, 0.15) is 12.4 Å². The molecule has 3 aromatic rings. The van der Waals surface area contributed by atoms with Gasteiger partial charge in [-0.25, -0.2) is 4.98 Å². The second kappa shape index (κ2) is 6.86. The molecule has 0 bridgehead atoms. The number of benzene rings is 1. The van der Waals surface area contributed by atoms with Crippen LogP contribution in [0.15, 0.2) is 30.5 Å². The van der Waals surface area contributed by atoms with Gasteiger partial charge in [0, 0.05) is 36.5 Å². The van der Waals surface area contributed by atoms with Crippen molar-refractivity contribution in [2.75, 3.05) is 13.1 Å². The van der Waals surface area contributed by atoms with Crippen LogP contribution in [0.25, 0.3) is 11.0 Å². The number of amides is 1. The Hall–Kier alpha value is -3.16. The zero-order valence-electron chi connectivity index (χ0n) is 15.1. The van der Waals surface area contributed by atoms with Crippen molar-refractivity contribution in [3.63, 3.8) is 0 Å². The number of imidazole rings is 1. The van der Waals surface area contributed by atoms with Crippen LogP contribution in [0.1, 0.15) is 40.6 Å². The summed E-state index contributed by atoms with van der Waals surface area (Å²) in [5.41, 5.74) is 3.20. The number of aliphatic carboxylic acids is 1. The number of rotatable bonds is 4. The summed E-state index contributed by atoms with van der Waals surface area (Å²) >= 11 is 0. The van der Waals surface area contributed by atoms with Gasteiger partial charge in [0.15, 0.2) is 0 Å². The molecule has 0 spiro atoms. The summed E-state index contributed by atoms with van der Waals surface area (Å²) in [5, 5.41) is 13.2. The Balaban J connectivity index is 1.54. The van der Waals surface area contributed by atoms with Gasteiger partial charge < -0.3 is 15.0 Å². The van der Waals surface area contributed by atoms with Crippen LogP contribution in [0.5, 0.6) is 0 Å². The average molecular weight is 367 g/mol. The molecule has 3 heterocycles. The minimum atomic E-state index is -0.924. The van der Waals surface area contributed by atoms with Crippen molar-refractivity contribution in [2.24, 2.45) is 0 Å². The topological polar surface area (TPSA) is 104 Å². The van der Waals surface area contributed by atoms with Crippen LogP contribution in [0.3, 0.4) is 0 Å². The largest absolute Gasteiger partial charge is 0.480 e. The normalized spacial score (nSPS) is 17.4. The Bertz CT molecular complexity index is 1010. The predicted octanol–water partition coefficient (Wildman–Crippen LogP) is 2.17. The van der Waals surface area contributed by atoms with Crippen molar-refractivity contribution in [2.45, 2.75) is 32.2 Å². The lowest BCUT2D eigenvalue weighted by Crippen LogP contribution is -2.39. The summed E-state index contributed by atoms with van der Waals surface area (Å²) in [4.78, 5) is 33.4. The van der Waals surface area contributed by atoms with Crippen molar-refractivity contribution >= 4 is 22.9 Å². The molecule has 1 aliphatic heterocycles. The van der Waals surface area contributed by atoms with Crippen LogP contribution < -0.4 is 0 Å². The Morgan fingerprint density at radius 3 is 3.00 bits per heavy atom. The minimum Gasteiger partial charge on any atom is -0.480 e. The lowest BCUT2D eigenvalue weighted by atomic mass is 9.94. The first kappa shape index (κ1) is 17.3. The molecule has 27 heavy (non-hydrogen) atoms. The van der Waals surface area contributed by atoms with E-state index in [2.05, 4.69) is 15.1 Å². The Kier molecular flexibility index (Phi) is 4.39. The molecule has 0 radical (unpaired) electrons. The van der Waals surface area contributed by atoms with Crippen LogP contribution in [0.2, 0.25) is 0 Å². The fourth-order valence-electron chi connectivity index (χ4n) is 3.81. The van der Waals surface area contributed by atoms with Crippen LogP contribution in [0, 0.1) is 6.92 Å². The maximum Gasteiger partial charge on any atom is 0.325 e. The number of aromatic nitrogens is 4. The first-order valence-electron chi connectivity index (χ1n) is 9.00. The van der Waals surface area contributed by atoms with Gasteiger partial charge in [-0.05, 0) is 44.0 Å². The summed E-state index contributed by atoms with van der Waals surface area (Å²) in [6, 6.07) is 7.36. The highest BCUT2D eigenvalue weighted by Gasteiger charge is 2.28. The fraction of sp³-hybridized carbons (Fsp3) is 0.368. The van der Waals surface area contributed by atoms with E-state index in [9.17, 15) is 9.59 Å². The molecule has 1 atom stereocenters. The molecule has 0 aliphatic carbocycles. The van der Waals surface area contributed by atoms with Crippen molar-refractivity contribution in [1.82, 2.24) is 24.6 Å². The SMILES string of the molecule is Cc1nc2ccc(C(=O)N3CCCC(c4ccnn4CC(=O)O)C3)cc2[nH]1. The summed E-state index contributed by atoms with van der Waals surface area (Å²) in [6.07, 6.45) is 3.40. The number of H-pyrrole nitrogens is 1. The van der Waals surface area contributed by atoms with Gasteiger partial charge in [-0.15, -0.1) is 0 Å². The molecule has 1 aromatic carbocycles. The Morgan fingerprint density at radius 1 is 1.33 bits per heavy atom. The van der Waals surface area contributed by atoms with Gasteiger partial charge in [0.05, 0.1) is 11.0 Å². The molecular formula is C19H21N5O3. The first-order chi connectivity index (χ1) is 13.0. The molecule has 1 unspecified atom stereocenters. The molecule has 4 rings (SSSR count). The molecule has 2 N–H and O–H groups in total. The highest BCUT2D eigenvalue weighted by molar-refractivity contribution is 5.97. The standard InChI is InChI=1S/C19H21N5O3/c1-12-21-15-5-4-13(9-16(15)22-12)19(27)23-8-2-3-14(10-23)17-6-7-20-24(17)11-18(25)26/h4-7,9,14H,2-3,8,10-11H2,1H3,(H,21,22)(H,25,26). The number of nitrogens with zero attached hydrogens (tertiary/aromatic N) is 4. The predicted molar refractivity (Wildman–Crippen MR) is 98.6 cm³/mol. The number of hydrogen-bond donors (Lipinski definition) is 2. The number of carbonyl (C=O) groups excluding carboxylic acids is 1. The maximum absolute atomic E-state index is 13.0. The molecule has 0 saturated carbocycles. The number of aromatic amines is 1. The van der Waals surface area contributed by atoms with Gasteiger partial charge >= 0.3 is 5.97 Å². The summed E-state index contributed by atoms with van der Waals surface area (Å²) in [6.45, 7) is 2.98. The number of likely N-dealkylation sites (tertiary alicyclic amines) is 1. The van der Waals surface area contributed by atoms with E-state index in [1.807, 2.05) is 36.1 Å². The van der Waals surface area contributed by atoms with Gasteiger partial charge in [-0.2, -0.15) is 5.10 Å². The van der Waals surface area contributed by atoms with E-state index in [0.29, 0.717) is 18.7 Å². The van der Waals surface area contributed by atoms with Gasteiger partial charge in [-0.3, -0.25) is 14.3 Å². The average Bonchev–Trinajstić information content (AvgIpc) is 3.25. The molecular weight excluding hydrogens is 346 g/mol. The third-order valence-corrected chi connectivity index (χ3v) is 5.01. The molecule has 1 amide bonds.